The van der Waals surface area contributed by atoms with Crippen molar-refractivity contribution < 1.29 is 33.7 Å². The fourth-order valence-corrected chi connectivity index (χ4v) is 5.58. The van der Waals surface area contributed by atoms with Crippen molar-refractivity contribution in [2.24, 2.45) is 0 Å². The van der Waals surface area contributed by atoms with Crippen molar-refractivity contribution in [3.8, 4) is 0 Å². The van der Waals surface area contributed by atoms with Gasteiger partial charge in [0.15, 0.2) is 0 Å². The van der Waals surface area contributed by atoms with Gasteiger partial charge in [0.2, 0.25) is 0 Å². The number of esters is 1. The fourth-order valence-electron chi connectivity index (χ4n) is 5.58. The average Bonchev–Trinajstić information content (AvgIpc) is 3.11. The molecule has 1 heterocycles. The standard InChI is InChI=1S/C26H50O4.C11H21NO3.2C4H10/c1-3-5-7-9-12-16-20-25(21-17-13-10-8-6-4-2)30-26(28)22-18-14-11-15-19-23-29-24-27;1-8-7-9(13)5-6-12(8)10(14)15-11(2,3)4;2*1-3-4-2/h24-25H,3-23H2,1-2H3;8-9,13H,5-7H2,1-4H3;2*3-4H2,1-2H3. The molecule has 2 unspecified atom stereocenters. The van der Waals surface area contributed by atoms with E-state index in [-0.39, 0.29) is 30.3 Å². The highest BCUT2D eigenvalue weighted by molar-refractivity contribution is 5.69. The first-order valence-electron chi connectivity index (χ1n) is 22.3. The predicted molar refractivity (Wildman–Crippen MR) is 224 cm³/mol. The molecule has 0 aromatic carbocycles. The zero-order chi connectivity index (χ0) is 40.6. The van der Waals surface area contributed by atoms with Crippen molar-refractivity contribution in [3.05, 3.63) is 0 Å². The minimum atomic E-state index is -0.452. The van der Waals surface area contributed by atoms with Gasteiger partial charge in [-0.3, -0.25) is 9.59 Å². The summed E-state index contributed by atoms with van der Waals surface area (Å²) in [7, 11) is 0. The summed E-state index contributed by atoms with van der Waals surface area (Å²) in [4.78, 5) is 35.8. The molecule has 0 radical (unpaired) electrons. The Labute approximate surface area is 329 Å². The van der Waals surface area contributed by atoms with Gasteiger partial charge in [0, 0.05) is 19.0 Å². The number of ether oxygens (including phenoxy) is 3. The lowest BCUT2D eigenvalue weighted by atomic mass is 10.0. The monoisotopic (exact) mass is 758 g/mol. The molecule has 1 fully saturated rings. The van der Waals surface area contributed by atoms with Gasteiger partial charge in [-0.1, -0.05) is 151 Å². The molecule has 1 aliphatic rings. The molecule has 1 amide bonds. The summed E-state index contributed by atoms with van der Waals surface area (Å²) in [5.74, 6) is -0.0127. The first-order chi connectivity index (χ1) is 25.4. The van der Waals surface area contributed by atoms with Gasteiger partial charge in [0.05, 0.1) is 12.7 Å². The van der Waals surface area contributed by atoms with Crippen molar-refractivity contribution in [1.29, 1.82) is 0 Å². The number of unbranched alkanes of at least 4 members (excludes halogenated alkanes) is 16. The van der Waals surface area contributed by atoms with Gasteiger partial charge in [0.1, 0.15) is 11.7 Å². The highest BCUT2D eigenvalue weighted by atomic mass is 16.6. The van der Waals surface area contributed by atoms with Crippen LogP contribution in [0.4, 0.5) is 4.79 Å². The maximum absolute atomic E-state index is 12.3. The van der Waals surface area contributed by atoms with E-state index in [0.717, 1.165) is 44.9 Å². The van der Waals surface area contributed by atoms with Crippen LogP contribution in [0.25, 0.3) is 0 Å². The summed E-state index contributed by atoms with van der Waals surface area (Å²) in [6.07, 6.45) is 29.1. The molecular formula is C45H91NO7. The number of hydrogen-bond donors (Lipinski definition) is 1. The highest BCUT2D eigenvalue weighted by Gasteiger charge is 2.30. The number of amides is 1. The van der Waals surface area contributed by atoms with E-state index in [1.54, 1.807) is 4.90 Å². The molecule has 0 aromatic rings. The first-order valence-corrected chi connectivity index (χ1v) is 22.3. The van der Waals surface area contributed by atoms with Crippen LogP contribution >= 0.6 is 0 Å². The molecule has 318 valence electrons. The number of likely N-dealkylation sites (tertiary alicyclic amines) is 1. The third kappa shape index (κ3) is 42.8. The maximum atomic E-state index is 12.3. The Morgan fingerprint density at radius 3 is 1.58 bits per heavy atom. The maximum Gasteiger partial charge on any atom is 0.410 e. The third-order valence-corrected chi connectivity index (χ3v) is 9.25. The Kier molecular flexibility index (Phi) is 43.3. The molecule has 0 spiro atoms. The van der Waals surface area contributed by atoms with Crippen molar-refractivity contribution in [2.75, 3.05) is 13.2 Å². The van der Waals surface area contributed by atoms with Gasteiger partial charge in [-0.05, 0) is 79.1 Å². The second-order valence-corrected chi connectivity index (χ2v) is 15.9. The summed E-state index contributed by atoms with van der Waals surface area (Å²) in [6.45, 7) is 22.3. The predicted octanol–water partition coefficient (Wildman–Crippen LogP) is 13.3. The van der Waals surface area contributed by atoms with Crippen LogP contribution in [0.5, 0.6) is 0 Å². The topological polar surface area (TPSA) is 102 Å². The number of hydrogen-bond acceptors (Lipinski definition) is 7. The van der Waals surface area contributed by atoms with E-state index in [2.05, 4.69) is 46.3 Å². The SMILES string of the molecule is CC1CC(O)CCN1C(=O)OC(C)(C)C.CCCC.CCCC.CCCCCCCCC(CCCCCCCC)OC(=O)CCCCCCCOC=O. The largest absolute Gasteiger partial charge is 0.468 e. The fraction of sp³-hybridized carbons (Fsp3) is 0.933. The van der Waals surface area contributed by atoms with Gasteiger partial charge in [-0.15, -0.1) is 0 Å². The van der Waals surface area contributed by atoms with Gasteiger partial charge in [-0.2, -0.15) is 0 Å². The van der Waals surface area contributed by atoms with E-state index >= 15 is 0 Å². The number of carbonyl (C=O) groups is 3. The van der Waals surface area contributed by atoms with Gasteiger partial charge in [-0.25, -0.2) is 4.79 Å². The van der Waals surface area contributed by atoms with Gasteiger partial charge in [0.25, 0.3) is 6.47 Å². The summed E-state index contributed by atoms with van der Waals surface area (Å²) in [6, 6.07) is 0.0589. The van der Waals surface area contributed by atoms with Crippen LogP contribution < -0.4 is 0 Å². The smallest absolute Gasteiger partial charge is 0.410 e. The molecule has 0 saturated carbocycles. The van der Waals surface area contributed by atoms with E-state index in [9.17, 15) is 19.5 Å². The van der Waals surface area contributed by atoms with E-state index < -0.39 is 5.60 Å². The Morgan fingerprint density at radius 1 is 0.698 bits per heavy atom. The lowest BCUT2D eigenvalue weighted by Gasteiger charge is -2.36. The lowest BCUT2D eigenvalue weighted by molar-refractivity contribution is -0.150. The molecule has 1 N–H and O–H groups in total. The molecule has 0 aliphatic carbocycles. The number of rotatable bonds is 26. The quantitative estimate of drug-likeness (QED) is 0.0405. The normalized spacial score (nSPS) is 15.2. The van der Waals surface area contributed by atoms with Crippen molar-refractivity contribution in [1.82, 2.24) is 4.90 Å². The van der Waals surface area contributed by atoms with E-state index in [4.69, 9.17) is 9.47 Å². The van der Waals surface area contributed by atoms with Crippen LogP contribution in [-0.4, -0.2) is 65.5 Å². The molecule has 0 bridgehead atoms. The number of aliphatic hydroxyl groups is 1. The number of nitrogens with zero attached hydrogens (tertiary/aromatic N) is 1. The molecule has 2 atom stereocenters. The Morgan fingerprint density at radius 2 is 1.15 bits per heavy atom. The van der Waals surface area contributed by atoms with Gasteiger partial charge < -0.3 is 24.2 Å². The summed E-state index contributed by atoms with van der Waals surface area (Å²) in [5.41, 5.74) is -0.452. The van der Waals surface area contributed by atoms with Crippen molar-refractivity contribution in [2.45, 2.75) is 260 Å². The Balaban J connectivity index is -0.000000889. The molecule has 8 nitrogen and oxygen atoms in total. The summed E-state index contributed by atoms with van der Waals surface area (Å²) < 4.78 is 15.8. The molecular weight excluding hydrogens is 666 g/mol. The van der Waals surface area contributed by atoms with E-state index in [1.165, 1.54) is 103 Å². The second kappa shape index (κ2) is 41.3. The van der Waals surface area contributed by atoms with Crippen LogP contribution in [-0.2, 0) is 23.8 Å². The molecule has 0 aromatic heterocycles. The Hall–Kier alpha value is -1.83. The molecule has 8 heteroatoms. The van der Waals surface area contributed by atoms with Crippen molar-refractivity contribution >= 4 is 18.5 Å². The molecule has 53 heavy (non-hydrogen) atoms. The number of carbonyl (C=O) groups excluding carboxylic acids is 3. The van der Waals surface area contributed by atoms with Crippen LogP contribution in [0, 0.1) is 0 Å². The lowest BCUT2D eigenvalue weighted by Crippen LogP contribution is -2.47. The average molecular weight is 758 g/mol. The number of piperidine rings is 1. The number of aliphatic hydroxyl groups excluding tert-OH is 1. The second-order valence-electron chi connectivity index (χ2n) is 15.9. The van der Waals surface area contributed by atoms with Crippen molar-refractivity contribution in [3.63, 3.8) is 0 Å². The zero-order valence-corrected chi connectivity index (χ0v) is 37.0. The third-order valence-electron chi connectivity index (χ3n) is 9.25. The minimum Gasteiger partial charge on any atom is -0.468 e. The van der Waals surface area contributed by atoms with Crippen LogP contribution in [0.1, 0.15) is 236 Å². The molecule has 1 saturated heterocycles. The van der Waals surface area contributed by atoms with Crippen LogP contribution in [0.2, 0.25) is 0 Å². The Bertz CT molecular complexity index is 761. The summed E-state index contributed by atoms with van der Waals surface area (Å²) >= 11 is 0. The zero-order valence-electron chi connectivity index (χ0n) is 37.0. The first kappa shape index (κ1) is 55.5. The molecule has 1 rings (SSSR count). The van der Waals surface area contributed by atoms with E-state index in [1.807, 2.05) is 27.7 Å². The summed E-state index contributed by atoms with van der Waals surface area (Å²) in [5, 5.41) is 9.43. The minimum absolute atomic E-state index is 0.0127. The van der Waals surface area contributed by atoms with Crippen LogP contribution in [0.3, 0.4) is 0 Å². The highest BCUT2D eigenvalue weighted by Crippen LogP contribution is 2.21. The van der Waals surface area contributed by atoms with E-state index in [0.29, 0.717) is 38.9 Å². The molecule has 1 aliphatic heterocycles. The van der Waals surface area contributed by atoms with Gasteiger partial charge >= 0.3 is 12.1 Å². The van der Waals surface area contributed by atoms with Crippen LogP contribution in [0.15, 0.2) is 0 Å².